The molecule has 0 radical (unpaired) electrons. The second kappa shape index (κ2) is 7.90. The number of ketones is 1. The maximum Gasteiger partial charge on any atom is 0.352 e. The molecule has 4 rings (SSSR count). The Hall–Kier alpha value is -3.81. The van der Waals surface area contributed by atoms with Gasteiger partial charge in [-0.25, -0.2) is 9.79 Å². The van der Waals surface area contributed by atoms with E-state index < -0.39 is 12.0 Å². The number of phenols is 2. The summed E-state index contributed by atoms with van der Waals surface area (Å²) < 4.78 is 0. The lowest BCUT2D eigenvalue weighted by atomic mass is 9.99. The predicted octanol–water partition coefficient (Wildman–Crippen LogP) is 2.28. The third kappa shape index (κ3) is 3.98. The molecule has 30 heavy (non-hydrogen) atoms. The van der Waals surface area contributed by atoms with Crippen molar-refractivity contribution in [3.63, 3.8) is 0 Å². The number of hydrogen-bond acceptors (Lipinski definition) is 7. The molecule has 0 saturated heterocycles. The Morgan fingerprint density at radius 3 is 2.67 bits per heavy atom. The molecule has 3 N–H and O–H groups in total. The molecule has 0 aromatic heterocycles. The largest absolute Gasteiger partial charge is 0.504 e. The standard InChI is InChI=1S/C22H19N3O5/c26-16(5-2-12-1-3-14-10-23-11-15(14)7-12)9-17-20(22(29)30)25-21(24-17)13-4-6-18(27)19(28)8-13/h1,3-4,6-8,11,17,27-28H,2,5,9-10H2,(H,29,30). The second-order valence-electron chi connectivity index (χ2n) is 7.22. The smallest absolute Gasteiger partial charge is 0.352 e. The Bertz CT molecular complexity index is 1130. The molecule has 0 bridgehead atoms. The van der Waals surface area contributed by atoms with Crippen molar-refractivity contribution in [1.82, 2.24) is 0 Å². The highest BCUT2D eigenvalue weighted by molar-refractivity contribution is 6.42. The monoisotopic (exact) mass is 405 g/mol. The number of nitrogens with zero attached hydrogens (tertiary/aromatic N) is 3. The molecule has 2 heterocycles. The number of aromatic hydroxyl groups is 2. The van der Waals surface area contributed by atoms with Gasteiger partial charge in [0.2, 0.25) is 0 Å². The van der Waals surface area contributed by atoms with Crippen LogP contribution in [-0.2, 0) is 22.6 Å². The molecule has 0 spiro atoms. The number of carbonyl (C=O) groups excluding carboxylic acids is 1. The molecule has 0 aliphatic carbocycles. The Labute approximate surface area is 172 Å². The van der Waals surface area contributed by atoms with E-state index in [1.807, 2.05) is 24.4 Å². The minimum Gasteiger partial charge on any atom is -0.504 e. The van der Waals surface area contributed by atoms with Crippen LogP contribution >= 0.6 is 0 Å². The van der Waals surface area contributed by atoms with E-state index in [2.05, 4.69) is 15.0 Å². The number of hydrogen-bond donors (Lipinski definition) is 3. The first-order chi connectivity index (χ1) is 14.4. The summed E-state index contributed by atoms with van der Waals surface area (Å²) in [7, 11) is 0. The lowest BCUT2D eigenvalue weighted by molar-refractivity contribution is -0.129. The van der Waals surface area contributed by atoms with Gasteiger partial charge in [-0.1, -0.05) is 12.1 Å². The van der Waals surface area contributed by atoms with Gasteiger partial charge >= 0.3 is 5.97 Å². The normalized spacial score (nSPS) is 16.9. The first-order valence-corrected chi connectivity index (χ1v) is 9.46. The third-order valence-corrected chi connectivity index (χ3v) is 5.09. The number of aryl methyl sites for hydroxylation is 1. The van der Waals surface area contributed by atoms with Gasteiger partial charge in [0.05, 0.1) is 6.54 Å². The van der Waals surface area contributed by atoms with Crippen LogP contribution in [0.4, 0.5) is 0 Å². The van der Waals surface area contributed by atoms with Crippen molar-refractivity contribution in [1.29, 1.82) is 0 Å². The van der Waals surface area contributed by atoms with E-state index in [4.69, 9.17) is 0 Å². The van der Waals surface area contributed by atoms with Gasteiger partial charge in [-0.05, 0) is 47.4 Å². The molecule has 2 aliphatic rings. The van der Waals surface area contributed by atoms with Crippen LogP contribution in [0.3, 0.4) is 0 Å². The number of Topliss-reactive ketones (excluding diaryl/α,β-unsaturated/α-hetero) is 1. The molecule has 2 aliphatic heterocycles. The molecular weight excluding hydrogens is 386 g/mol. The van der Waals surface area contributed by atoms with Gasteiger partial charge < -0.3 is 15.3 Å². The zero-order valence-corrected chi connectivity index (χ0v) is 15.9. The van der Waals surface area contributed by atoms with E-state index in [-0.39, 0.29) is 41.7 Å². The van der Waals surface area contributed by atoms with Crippen LogP contribution < -0.4 is 0 Å². The summed E-state index contributed by atoms with van der Waals surface area (Å²) in [6.07, 6.45) is 2.58. The first-order valence-electron chi connectivity index (χ1n) is 9.46. The van der Waals surface area contributed by atoms with Crippen LogP contribution in [0.25, 0.3) is 0 Å². The number of fused-ring (bicyclic) bond motifs is 1. The van der Waals surface area contributed by atoms with Crippen LogP contribution in [-0.4, -0.2) is 50.9 Å². The molecule has 2 aromatic rings. The summed E-state index contributed by atoms with van der Waals surface area (Å²) in [6, 6.07) is 9.12. The van der Waals surface area contributed by atoms with E-state index in [0.29, 0.717) is 18.5 Å². The van der Waals surface area contributed by atoms with Crippen molar-refractivity contribution >= 4 is 29.5 Å². The minimum atomic E-state index is -1.24. The average Bonchev–Trinajstić information content (AvgIpc) is 3.35. The Kier molecular flexibility index (Phi) is 5.14. The van der Waals surface area contributed by atoms with Gasteiger partial charge in [-0.15, -0.1) is 0 Å². The highest BCUT2D eigenvalue weighted by Crippen LogP contribution is 2.27. The van der Waals surface area contributed by atoms with E-state index >= 15 is 0 Å². The van der Waals surface area contributed by atoms with E-state index in [9.17, 15) is 24.9 Å². The molecule has 8 nitrogen and oxygen atoms in total. The summed E-state index contributed by atoms with van der Waals surface area (Å²) in [5.74, 6) is -1.90. The quantitative estimate of drug-likeness (QED) is 0.608. The number of aliphatic imine (C=N–C) groups is 3. The summed E-state index contributed by atoms with van der Waals surface area (Å²) >= 11 is 0. The topological polar surface area (TPSA) is 132 Å². The molecule has 2 aromatic carbocycles. The fourth-order valence-electron chi connectivity index (χ4n) is 3.47. The molecule has 1 atom stereocenters. The van der Waals surface area contributed by atoms with Gasteiger partial charge in [0, 0.05) is 24.6 Å². The van der Waals surface area contributed by atoms with Crippen molar-refractivity contribution in [2.75, 3.05) is 0 Å². The zero-order chi connectivity index (χ0) is 21.3. The van der Waals surface area contributed by atoms with Gasteiger partial charge in [-0.3, -0.25) is 14.8 Å². The second-order valence-corrected chi connectivity index (χ2v) is 7.22. The highest BCUT2D eigenvalue weighted by Gasteiger charge is 2.30. The first kappa shape index (κ1) is 19.5. The highest BCUT2D eigenvalue weighted by atomic mass is 16.4. The third-order valence-electron chi connectivity index (χ3n) is 5.09. The maximum atomic E-state index is 12.5. The van der Waals surface area contributed by atoms with Crippen molar-refractivity contribution in [2.24, 2.45) is 15.0 Å². The van der Waals surface area contributed by atoms with Gasteiger partial charge in [-0.2, -0.15) is 0 Å². The number of rotatable bonds is 7. The maximum absolute atomic E-state index is 12.5. The summed E-state index contributed by atoms with van der Waals surface area (Å²) in [4.78, 5) is 36.6. The van der Waals surface area contributed by atoms with E-state index in [1.165, 1.54) is 23.8 Å². The van der Waals surface area contributed by atoms with Gasteiger partial charge in [0.1, 0.15) is 11.8 Å². The van der Waals surface area contributed by atoms with Crippen LogP contribution in [0.5, 0.6) is 11.5 Å². The fourth-order valence-corrected chi connectivity index (χ4v) is 3.47. The molecule has 152 valence electrons. The van der Waals surface area contributed by atoms with E-state index in [0.717, 1.165) is 11.1 Å². The number of carboxylic acid groups (broad SMARTS) is 1. The molecule has 1 unspecified atom stereocenters. The lowest BCUT2D eigenvalue weighted by Gasteiger charge is -2.08. The number of benzene rings is 2. The predicted molar refractivity (Wildman–Crippen MR) is 111 cm³/mol. The summed E-state index contributed by atoms with van der Waals surface area (Å²) in [5, 5.41) is 28.5. The van der Waals surface area contributed by atoms with Gasteiger partial charge in [0.15, 0.2) is 23.0 Å². The molecule has 0 amide bonds. The Morgan fingerprint density at radius 2 is 1.90 bits per heavy atom. The lowest BCUT2D eigenvalue weighted by Crippen LogP contribution is -2.27. The summed E-state index contributed by atoms with van der Waals surface area (Å²) in [5.41, 5.74) is 3.42. The van der Waals surface area contributed by atoms with Crippen LogP contribution in [0, 0.1) is 0 Å². The number of amidine groups is 1. The number of phenolic OH excluding ortho intramolecular Hbond substituents is 2. The number of aliphatic carboxylic acids is 1. The van der Waals surface area contributed by atoms with Crippen molar-refractivity contribution < 1.29 is 24.9 Å². The van der Waals surface area contributed by atoms with Crippen molar-refractivity contribution in [3.8, 4) is 11.5 Å². The van der Waals surface area contributed by atoms with Crippen LogP contribution in [0.2, 0.25) is 0 Å². The van der Waals surface area contributed by atoms with Crippen molar-refractivity contribution in [2.45, 2.75) is 31.8 Å². The Morgan fingerprint density at radius 1 is 1.07 bits per heavy atom. The minimum absolute atomic E-state index is 0.0644. The fraction of sp³-hybridized carbons (Fsp3) is 0.227. The van der Waals surface area contributed by atoms with Crippen LogP contribution in [0.15, 0.2) is 51.4 Å². The number of carboxylic acids is 1. The van der Waals surface area contributed by atoms with Crippen LogP contribution in [0.1, 0.15) is 35.1 Å². The molecule has 0 saturated carbocycles. The molecular formula is C22H19N3O5. The van der Waals surface area contributed by atoms with E-state index in [1.54, 1.807) is 0 Å². The summed E-state index contributed by atoms with van der Waals surface area (Å²) in [6.45, 7) is 0.687. The van der Waals surface area contributed by atoms with Gasteiger partial charge in [0.25, 0.3) is 0 Å². The molecule has 8 heteroatoms. The number of carbonyl (C=O) groups is 2. The van der Waals surface area contributed by atoms with Crippen molar-refractivity contribution in [3.05, 3.63) is 58.7 Å². The Balaban J connectivity index is 1.44. The SMILES string of the molecule is O=C(CCc1ccc2c(c1)C=NC2)CC1N=C(c2ccc(O)c(O)c2)N=C1C(=O)O. The average molecular weight is 405 g/mol. The zero-order valence-electron chi connectivity index (χ0n) is 15.9. The molecule has 0 fully saturated rings.